The monoisotopic (exact) mass is 371 g/mol. The summed E-state index contributed by atoms with van der Waals surface area (Å²) in [6.45, 7) is 7.19. The number of carbonyl (C=O) groups excluding carboxylic acids is 3. The minimum Gasteiger partial charge on any atom is -0.353 e. The number of nitrogens with zero attached hydrogens (tertiary/aromatic N) is 1. The predicted molar refractivity (Wildman–Crippen MR) is 107 cm³/mol. The number of nitrogens with one attached hydrogen (secondary N) is 2. The van der Waals surface area contributed by atoms with E-state index in [9.17, 15) is 14.4 Å². The van der Waals surface area contributed by atoms with Crippen LogP contribution in [-0.2, 0) is 9.59 Å². The third kappa shape index (κ3) is 7.35. The van der Waals surface area contributed by atoms with Crippen LogP contribution in [0.3, 0.4) is 0 Å². The molecule has 1 heterocycles. The van der Waals surface area contributed by atoms with Gasteiger partial charge in [-0.05, 0) is 83.4 Å². The van der Waals surface area contributed by atoms with Crippen molar-refractivity contribution in [2.75, 3.05) is 31.5 Å². The van der Waals surface area contributed by atoms with Gasteiger partial charge in [0.05, 0.1) is 0 Å². The topological polar surface area (TPSA) is 78.5 Å². The summed E-state index contributed by atoms with van der Waals surface area (Å²) in [6, 6.07) is 6.66. The van der Waals surface area contributed by atoms with Gasteiger partial charge in [0.2, 0.25) is 5.91 Å². The molecule has 1 fully saturated rings. The fraction of sp³-hybridized carbons (Fsp3) is 0.476. The summed E-state index contributed by atoms with van der Waals surface area (Å²) in [7, 11) is 0. The molecule has 0 saturated carbocycles. The van der Waals surface area contributed by atoms with Gasteiger partial charge in [-0.25, -0.2) is 0 Å². The Labute approximate surface area is 161 Å². The highest BCUT2D eigenvalue weighted by Gasteiger charge is 2.10. The molecule has 0 aliphatic carbocycles. The van der Waals surface area contributed by atoms with Crippen molar-refractivity contribution in [2.24, 2.45) is 0 Å². The van der Waals surface area contributed by atoms with Crippen LogP contribution in [0.5, 0.6) is 0 Å². The predicted octanol–water partition coefficient (Wildman–Crippen LogP) is 2.77. The molecule has 1 saturated heterocycles. The maximum absolute atomic E-state index is 12.2. The molecular weight excluding hydrogens is 342 g/mol. The quantitative estimate of drug-likeness (QED) is 0.397. The van der Waals surface area contributed by atoms with E-state index in [2.05, 4.69) is 15.5 Å². The lowest BCUT2D eigenvalue weighted by Gasteiger charge is -2.13. The van der Waals surface area contributed by atoms with Crippen molar-refractivity contribution in [3.63, 3.8) is 0 Å². The van der Waals surface area contributed by atoms with Gasteiger partial charge in [0.15, 0.2) is 5.78 Å². The van der Waals surface area contributed by atoms with Gasteiger partial charge in [-0.3, -0.25) is 14.4 Å². The minimum atomic E-state index is -0.338. The van der Waals surface area contributed by atoms with Crippen LogP contribution in [0.1, 0.15) is 49.9 Å². The summed E-state index contributed by atoms with van der Waals surface area (Å²) in [5.74, 6) is -0.619. The zero-order chi connectivity index (χ0) is 19.6. The molecule has 0 spiro atoms. The van der Waals surface area contributed by atoms with E-state index < -0.39 is 0 Å². The van der Waals surface area contributed by atoms with Gasteiger partial charge in [-0.2, -0.15) is 0 Å². The van der Waals surface area contributed by atoms with Crippen LogP contribution < -0.4 is 10.6 Å². The van der Waals surface area contributed by atoms with Crippen LogP contribution >= 0.6 is 0 Å². The van der Waals surface area contributed by atoms with E-state index in [0.29, 0.717) is 23.4 Å². The van der Waals surface area contributed by atoms with Crippen LogP contribution in [0.25, 0.3) is 0 Å². The van der Waals surface area contributed by atoms with Crippen LogP contribution in [0, 0.1) is 0 Å². The smallest absolute Gasteiger partial charge is 0.251 e. The summed E-state index contributed by atoms with van der Waals surface area (Å²) < 4.78 is 0. The number of unbranched alkanes of at least 4 members (excludes halogenated alkanes) is 1. The second kappa shape index (κ2) is 10.6. The molecule has 2 rings (SSSR count). The van der Waals surface area contributed by atoms with Gasteiger partial charge in [0.25, 0.3) is 5.91 Å². The Morgan fingerprint density at radius 1 is 1.04 bits per heavy atom. The maximum atomic E-state index is 12.2. The number of carbonyl (C=O) groups is 3. The second-order valence-electron chi connectivity index (χ2n) is 6.96. The largest absolute Gasteiger partial charge is 0.353 e. The standard InChI is InChI=1S/C21H29N3O3/c1-16(21(27)23-19-9-7-18(8-10-19)17(2)25)15-20(26)22-11-3-4-12-24-13-5-6-14-24/h7-10,15H,3-6,11-14H2,1-2H3,(H,22,26)(H,23,27)/b16-15-. The molecule has 0 atom stereocenters. The number of hydrogen-bond donors (Lipinski definition) is 2. The van der Waals surface area contributed by atoms with Gasteiger partial charge in [-0.15, -0.1) is 0 Å². The van der Waals surface area contributed by atoms with Crippen LogP contribution in [0.2, 0.25) is 0 Å². The lowest BCUT2D eigenvalue weighted by atomic mass is 10.1. The average molecular weight is 371 g/mol. The van der Waals surface area contributed by atoms with Crippen LogP contribution in [0.4, 0.5) is 5.69 Å². The van der Waals surface area contributed by atoms with Crippen molar-refractivity contribution >= 4 is 23.3 Å². The second-order valence-corrected chi connectivity index (χ2v) is 6.96. The van der Waals surface area contributed by atoms with Gasteiger partial charge in [0, 0.05) is 29.4 Å². The molecule has 0 unspecified atom stereocenters. The number of anilines is 1. The SMILES string of the molecule is CC(=O)c1ccc(NC(=O)/C(C)=C\C(=O)NCCCCN2CCCC2)cc1. The van der Waals surface area contributed by atoms with Gasteiger partial charge in [0.1, 0.15) is 0 Å². The summed E-state index contributed by atoms with van der Waals surface area (Å²) in [6.07, 6.45) is 5.91. The fourth-order valence-corrected chi connectivity index (χ4v) is 3.01. The van der Waals surface area contributed by atoms with Crippen molar-refractivity contribution in [1.29, 1.82) is 0 Å². The number of benzene rings is 1. The number of rotatable bonds is 9. The van der Waals surface area contributed by atoms with E-state index >= 15 is 0 Å². The van der Waals surface area contributed by atoms with E-state index in [0.717, 1.165) is 19.4 Å². The molecule has 146 valence electrons. The first-order valence-electron chi connectivity index (χ1n) is 9.56. The molecule has 27 heavy (non-hydrogen) atoms. The maximum Gasteiger partial charge on any atom is 0.251 e. The third-order valence-electron chi connectivity index (χ3n) is 4.65. The number of ketones is 1. The first kappa shape index (κ1) is 20.8. The van der Waals surface area contributed by atoms with E-state index in [1.807, 2.05) is 0 Å². The normalized spacial score (nSPS) is 14.8. The number of Topliss-reactive ketones (excluding diaryl/α,β-unsaturated/α-hetero) is 1. The molecule has 1 aromatic rings. The highest BCUT2D eigenvalue weighted by Crippen LogP contribution is 2.11. The first-order valence-corrected chi connectivity index (χ1v) is 9.56. The molecule has 0 aromatic heterocycles. The summed E-state index contributed by atoms with van der Waals surface area (Å²) >= 11 is 0. The van der Waals surface area contributed by atoms with E-state index in [1.54, 1.807) is 31.2 Å². The van der Waals surface area contributed by atoms with Gasteiger partial charge < -0.3 is 15.5 Å². The summed E-state index contributed by atoms with van der Waals surface area (Å²) in [5.41, 5.74) is 1.50. The fourth-order valence-electron chi connectivity index (χ4n) is 3.01. The molecule has 2 N–H and O–H groups in total. The molecule has 1 aromatic carbocycles. The third-order valence-corrected chi connectivity index (χ3v) is 4.65. The van der Waals surface area contributed by atoms with E-state index in [-0.39, 0.29) is 17.6 Å². The van der Waals surface area contributed by atoms with Crippen molar-refractivity contribution in [1.82, 2.24) is 10.2 Å². The molecule has 0 bridgehead atoms. The summed E-state index contributed by atoms with van der Waals surface area (Å²) in [4.78, 5) is 37.8. The molecule has 0 radical (unpaired) electrons. The number of amides is 2. The summed E-state index contributed by atoms with van der Waals surface area (Å²) in [5, 5.41) is 5.54. The molecule has 2 amide bonds. The first-order chi connectivity index (χ1) is 13.0. The lowest BCUT2D eigenvalue weighted by molar-refractivity contribution is -0.117. The Bertz CT molecular complexity index is 689. The van der Waals surface area contributed by atoms with Crippen molar-refractivity contribution in [2.45, 2.75) is 39.5 Å². The van der Waals surface area contributed by atoms with Crippen molar-refractivity contribution < 1.29 is 14.4 Å². The Morgan fingerprint density at radius 3 is 2.33 bits per heavy atom. The highest BCUT2D eigenvalue weighted by molar-refractivity contribution is 6.07. The van der Waals surface area contributed by atoms with E-state index in [4.69, 9.17) is 0 Å². The highest BCUT2D eigenvalue weighted by atomic mass is 16.2. The Kier molecular flexibility index (Phi) is 8.20. The molecule has 6 nitrogen and oxygen atoms in total. The van der Waals surface area contributed by atoms with Crippen molar-refractivity contribution in [3.8, 4) is 0 Å². The Hall–Kier alpha value is -2.47. The zero-order valence-corrected chi connectivity index (χ0v) is 16.2. The zero-order valence-electron chi connectivity index (χ0n) is 16.2. The Balaban J connectivity index is 1.69. The molecule has 1 aliphatic rings. The Morgan fingerprint density at radius 2 is 1.70 bits per heavy atom. The molecular formula is C21H29N3O3. The van der Waals surface area contributed by atoms with Crippen LogP contribution in [0.15, 0.2) is 35.9 Å². The van der Waals surface area contributed by atoms with Gasteiger partial charge >= 0.3 is 0 Å². The number of hydrogen-bond acceptors (Lipinski definition) is 4. The van der Waals surface area contributed by atoms with Crippen LogP contribution in [-0.4, -0.2) is 48.7 Å². The molecule has 1 aliphatic heterocycles. The number of likely N-dealkylation sites (tertiary alicyclic amines) is 1. The van der Waals surface area contributed by atoms with E-state index in [1.165, 1.54) is 38.9 Å². The molecule has 6 heteroatoms. The van der Waals surface area contributed by atoms with Gasteiger partial charge in [-0.1, -0.05) is 0 Å². The minimum absolute atomic E-state index is 0.0268. The lowest BCUT2D eigenvalue weighted by Crippen LogP contribution is -2.25. The van der Waals surface area contributed by atoms with Crippen molar-refractivity contribution in [3.05, 3.63) is 41.5 Å². The average Bonchev–Trinajstić information content (AvgIpc) is 3.15.